The molecule has 0 bridgehead atoms. The number of anilines is 1. The maximum Gasteiger partial charge on any atom is 0.248 e. The van der Waals surface area contributed by atoms with Crippen molar-refractivity contribution in [2.24, 2.45) is 0 Å². The van der Waals surface area contributed by atoms with Crippen LogP contribution in [-0.2, 0) is 4.79 Å². The van der Waals surface area contributed by atoms with Crippen LogP contribution in [0.5, 0.6) is 0 Å². The number of carbonyl (C=O) groups is 1. The van der Waals surface area contributed by atoms with Gasteiger partial charge in [0.15, 0.2) is 0 Å². The predicted molar refractivity (Wildman–Crippen MR) is 78.2 cm³/mol. The van der Waals surface area contributed by atoms with Gasteiger partial charge in [0.2, 0.25) is 5.91 Å². The smallest absolute Gasteiger partial charge is 0.248 e. The van der Waals surface area contributed by atoms with E-state index in [2.05, 4.69) is 21.2 Å². The fourth-order valence-electron chi connectivity index (χ4n) is 1.52. The van der Waals surface area contributed by atoms with Crippen LogP contribution in [0.25, 0.3) is 6.08 Å². The molecule has 0 fully saturated rings. The zero-order chi connectivity index (χ0) is 14.5. The van der Waals surface area contributed by atoms with Gasteiger partial charge in [-0.2, -0.15) is 0 Å². The van der Waals surface area contributed by atoms with Crippen molar-refractivity contribution in [1.82, 2.24) is 0 Å². The number of hydrogen-bond acceptors (Lipinski definition) is 1. The van der Waals surface area contributed by atoms with E-state index in [1.54, 1.807) is 24.3 Å². The highest BCUT2D eigenvalue weighted by molar-refractivity contribution is 9.10. The number of carbonyl (C=O) groups excluding carboxylic acids is 1. The molecule has 20 heavy (non-hydrogen) atoms. The van der Waals surface area contributed by atoms with Crippen molar-refractivity contribution in [2.45, 2.75) is 0 Å². The SMILES string of the molecule is O=C(C=Cc1ccc(F)cc1F)Nc1ccc(Br)cc1. The third-order valence-corrected chi connectivity index (χ3v) is 3.02. The minimum atomic E-state index is -0.710. The standard InChI is InChI=1S/C15H10BrF2NO/c16-11-3-6-13(7-4-11)19-15(20)8-2-10-1-5-12(17)9-14(10)18/h1-9H,(H,19,20). The summed E-state index contributed by atoms with van der Waals surface area (Å²) >= 11 is 3.29. The Labute approximate surface area is 123 Å². The van der Waals surface area contributed by atoms with Gasteiger partial charge < -0.3 is 5.32 Å². The average molecular weight is 338 g/mol. The summed E-state index contributed by atoms with van der Waals surface area (Å²) in [5.41, 5.74) is 0.778. The van der Waals surface area contributed by atoms with Crippen molar-refractivity contribution >= 4 is 33.6 Å². The zero-order valence-corrected chi connectivity index (χ0v) is 11.8. The maximum absolute atomic E-state index is 13.3. The summed E-state index contributed by atoms with van der Waals surface area (Å²) in [7, 11) is 0. The molecule has 0 aliphatic rings. The Morgan fingerprint density at radius 1 is 1.10 bits per heavy atom. The number of hydrogen-bond donors (Lipinski definition) is 1. The first-order valence-corrected chi connectivity index (χ1v) is 6.53. The third-order valence-electron chi connectivity index (χ3n) is 2.49. The summed E-state index contributed by atoms with van der Waals surface area (Å²) in [4.78, 5) is 11.6. The second-order valence-corrected chi connectivity index (χ2v) is 4.91. The lowest BCUT2D eigenvalue weighted by molar-refractivity contribution is -0.111. The molecule has 0 unspecified atom stereocenters. The minimum absolute atomic E-state index is 0.150. The first-order valence-electron chi connectivity index (χ1n) is 5.74. The normalized spacial score (nSPS) is 10.8. The van der Waals surface area contributed by atoms with E-state index in [1.807, 2.05) is 0 Å². The summed E-state index contributed by atoms with van der Waals surface area (Å²) in [5.74, 6) is -1.76. The van der Waals surface area contributed by atoms with Gasteiger partial charge in [-0.1, -0.05) is 15.9 Å². The Morgan fingerprint density at radius 2 is 1.80 bits per heavy atom. The van der Waals surface area contributed by atoms with E-state index in [4.69, 9.17) is 0 Å². The Bertz CT molecular complexity index is 653. The van der Waals surface area contributed by atoms with Crippen LogP contribution in [0.1, 0.15) is 5.56 Å². The molecule has 0 saturated carbocycles. The lowest BCUT2D eigenvalue weighted by Gasteiger charge is -2.02. The molecule has 0 spiro atoms. The second kappa shape index (κ2) is 6.43. The molecule has 0 atom stereocenters. The average Bonchev–Trinajstić information content (AvgIpc) is 2.40. The van der Waals surface area contributed by atoms with Crippen LogP contribution in [-0.4, -0.2) is 5.91 Å². The van der Waals surface area contributed by atoms with Crippen LogP contribution >= 0.6 is 15.9 Å². The first-order chi connectivity index (χ1) is 9.54. The monoisotopic (exact) mass is 337 g/mol. The van der Waals surface area contributed by atoms with E-state index in [0.717, 1.165) is 16.6 Å². The maximum atomic E-state index is 13.3. The van der Waals surface area contributed by atoms with Gasteiger partial charge in [0.25, 0.3) is 0 Å². The molecule has 0 aromatic heterocycles. The number of halogens is 3. The molecule has 102 valence electrons. The van der Waals surface area contributed by atoms with Crippen LogP contribution in [0.3, 0.4) is 0 Å². The molecule has 0 aliphatic carbocycles. The predicted octanol–water partition coefficient (Wildman–Crippen LogP) is 4.38. The van der Waals surface area contributed by atoms with Crippen LogP contribution in [0.4, 0.5) is 14.5 Å². The zero-order valence-electron chi connectivity index (χ0n) is 10.2. The fourth-order valence-corrected chi connectivity index (χ4v) is 1.78. The van der Waals surface area contributed by atoms with Crippen LogP contribution < -0.4 is 5.32 Å². The number of benzene rings is 2. The quantitative estimate of drug-likeness (QED) is 0.827. The molecule has 0 aliphatic heterocycles. The molecule has 5 heteroatoms. The molecule has 1 N–H and O–H groups in total. The lowest BCUT2D eigenvalue weighted by atomic mass is 10.2. The molecule has 2 aromatic rings. The van der Waals surface area contributed by atoms with Gasteiger partial charge in [0.05, 0.1) is 0 Å². The van der Waals surface area contributed by atoms with Crippen molar-refractivity contribution in [3.8, 4) is 0 Å². The van der Waals surface area contributed by atoms with Gasteiger partial charge in [0, 0.05) is 27.9 Å². The number of rotatable bonds is 3. The Kier molecular flexibility index (Phi) is 4.63. The van der Waals surface area contributed by atoms with Crippen molar-refractivity contribution < 1.29 is 13.6 Å². The van der Waals surface area contributed by atoms with Gasteiger partial charge in [0.1, 0.15) is 11.6 Å². The highest BCUT2D eigenvalue weighted by Crippen LogP contribution is 2.14. The lowest BCUT2D eigenvalue weighted by Crippen LogP contribution is -2.07. The molecular formula is C15H10BrF2NO. The van der Waals surface area contributed by atoms with Gasteiger partial charge in [-0.3, -0.25) is 4.79 Å². The van der Waals surface area contributed by atoms with Crippen molar-refractivity contribution in [3.05, 3.63) is 70.2 Å². The largest absolute Gasteiger partial charge is 0.323 e. The number of nitrogens with one attached hydrogen (secondary N) is 1. The fraction of sp³-hybridized carbons (Fsp3) is 0. The summed E-state index contributed by atoms with van der Waals surface area (Å²) in [6, 6.07) is 10.2. The molecule has 0 radical (unpaired) electrons. The molecule has 0 heterocycles. The second-order valence-electron chi connectivity index (χ2n) is 4.00. The van der Waals surface area contributed by atoms with E-state index in [9.17, 15) is 13.6 Å². The van der Waals surface area contributed by atoms with Crippen molar-refractivity contribution in [1.29, 1.82) is 0 Å². The molecular weight excluding hydrogens is 328 g/mol. The van der Waals surface area contributed by atoms with E-state index in [0.29, 0.717) is 5.69 Å². The van der Waals surface area contributed by atoms with Gasteiger partial charge in [-0.25, -0.2) is 8.78 Å². The van der Waals surface area contributed by atoms with Crippen LogP contribution in [0.2, 0.25) is 0 Å². The van der Waals surface area contributed by atoms with Gasteiger partial charge in [-0.05, 0) is 42.5 Å². The van der Waals surface area contributed by atoms with Crippen LogP contribution in [0.15, 0.2) is 53.0 Å². The first kappa shape index (κ1) is 14.4. The van der Waals surface area contributed by atoms with Crippen molar-refractivity contribution in [3.63, 3.8) is 0 Å². The molecule has 2 nitrogen and oxygen atoms in total. The highest BCUT2D eigenvalue weighted by atomic mass is 79.9. The minimum Gasteiger partial charge on any atom is -0.323 e. The van der Waals surface area contributed by atoms with E-state index in [-0.39, 0.29) is 5.56 Å². The van der Waals surface area contributed by atoms with Crippen molar-refractivity contribution in [2.75, 3.05) is 5.32 Å². The van der Waals surface area contributed by atoms with Gasteiger partial charge >= 0.3 is 0 Å². The summed E-state index contributed by atoms with van der Waals surface area (Å²) in [6.07, 6.45) is 2.49. The summed E-state index contributed by atoms with van der Waals surface area (Å²) in [6.45, 7) is 0. The van der Waals surface area contributed by atoms with E-state index >= 15 is 0 Å². The summed E-state index contributed by atoms with van der Waals surface area (Å²) in [5, 5.41) is 2.63. The summed E-state index contributed by atoms with van der Waals surface area (Å²) < 4.78 is 27.0. The van der Waals surface area contributed by atoms with Crippen LogP contribution in [0, 0.1) is 11.6 Å². The molecule has 1 amide bonds. The third kappa shape index (κ3) is 3.99. The Hall–Kier alpha value is -2.01. The Morgan fingerprint density at radius 3 is 2.45 bits per heavy atom. The Balaban J connectivity index is 2.03. The molecule has 2 aromatic carbocycles. The topological polar surface area (TPSA) is 29.1 Å². The van der Waals surface area contributed by atoms with E-state index < -0.39 is 17.5 Å². The number of amides is 1. The molecule has 0 saturated heterocycles. The molecule has 2 rings (SSSR count). The highest BCUT2D eigenvalue weighted by Gasteiger charge is 2.02. The van der Waals surface area contributed by atoms with E-state index in [1.165, 1.54) is 18.2 Å². The van der Waals surface area contributed by atoms with Gasteiger partial charge in [-0.15, -0.1) is 0 Å².